The van der Waals surface area contributed by atoms with Gasteiger partial charge in [0, 0.05) is 16.6 Å². The van der Waals surface area contributed by atoms with Gasteiger partial charge in [-0.3, -0.25) is 0 Å². The number of benzene rings is 2. The predicted molar refractivity (Wildman–Crippen MR) is 111 cm³/mol. The Morgan fingerprint density at radius 2 is 1.85 bits per heavy atom. The Hall–Kier alpha value is -1.42. The van der Waals surface area contributed by atoms with Gasteiger partial charge in [0.1, 0.15) is 0 Å². The first-order valence-corrected chi connectivity index (χ1v) is 11.6. The number of aliphatic carboxylic acids is 1. The summed E-state index contributed by atoms with van der Waals surface area (Å²) in [5.41, 5.74) is -1.93. The second-order valence-corrected chi connectivity index (χ2v) is 9.05. The fraction of sp³-hybridized carbons (Fsp3) is 0.476. The van der Waals surface area contributed by atoms with Crippen molar-refractivity contribution in [3.63, 3.8) is 0 Å². The molecule has 0 radical (unpaired) electrons. The van der Waals surface area contributed by atoms with Gasteiger partial charge in [-0.15, -0.1) is 11.8 Å². The van der Waals surface area contributed by atoms with Gasteiger partial charge in [0.05, 0.1) is 0 Å². The van der Waals surface area contributed by atoms with Crippen molar-refractivity contribution in [2.75, 3.05) is 11.9 Å². The molecule has 0 aromatic heterocycles. The molecule has 1 saturated carbocycles. The van der Waals surface area contributed by atoms with E-state index in [1.54, 1.807) is 11.8 Å². The molecule has 6 heteroatoms. The summed E-state index contributed by atoms with van der Waals surface area (Å²) >= 11 is 1.60. The van der Waals surface area contributed by atoms with E-state index in [9.17, 15) is 19.6 Å². The molecule has 4 nitrogen and oxygen atoms in total. The smallest absolute Gasteiger partial charge is 0.340 e. The summed E-state index contributed by atoms with van der Waals surface area (Å²) in [5.74, 6) is -1.01. The first kappa shape index (κ1) is 20.3. The van der Waals surface area contributed by atoms with E-state index in [4.69, 9.17) is 0 Å². The molecule has 0 amide bonds. The minimum absolute atomic E-state index is 0.152. The van der Waals surface area contributed by atoms with Crippen LogP contribution in [-0.4, -0.2) is 33.7 Å². The molecule has 2 N–H and O–H groups in total. The number of fused-ring (bicyclic) bond motifs is 1. The van der Waals surface area contributed by atoms with Gasteiger partial charge in [-0.2, -0.15) is 0 Å². The second-order valence-electron chi connectivity index (χ2n) is 7.34. The van der Waals surface area contributed by atoms with Crippen LogP contribution in [0.15, 0.2) is 47.4 Å². The van der Waals surface area contributed by atoms with Gasteiger partial charge in [0.15, 0.2) is 6.16 Å². The molecule has 3 atom stereocenters. The largest absolute Gasteiger partial charge is 0.479 e. The number of thioether (sulfide) groups is 1. The van der Waals surface area contributed by atoms with Crippen LogP contribution in [0.2, 0.25) is 0 Å². The molecule has 2 aromatic rings. The zero-order valence-electron chi connectivity index (χ0n) is 15.3. The topological polar surface area (TPSA) is 74.6 Å². The summed E-state index contributed by atoms with van der Waals surface area (Å²) in [4.78, 5) is 13.0. The Bertz CT molecular complexity index is 800. The van der Waals surface area contributed by atoms with Crippen molar-refractivity contribution in [3.05, 3.63) is 42.5 Å². The number of carboxylic acid groups (broad SMARTS) is 1. The zero-order valence-corrected chi connectivity index (χ0v) is 17.1. The van der Waals surface area contributed by atoms with Crippen LogP contribution in [0, 0.1) is 11.8 Å². The number of aliphatic hydroxyl groups is 1. The quantitative estimate of drug-likeness (QED) is 0.479. The fourth-order valence-electron chi connectivity index (χ4n) is 4.18. The van der Waals surface area contributed by atoms with Crippen LogP contribution in [0.5, 0.6) is 0 Å². The Kier molecular flexibility index (Phi) is 6.91. The molecular formula is C21H26O4PS+. The third-order valence-electron chi connectivity index (χ3n) is 5.71. The Balaban J connectivity index is 1.88. The highest BCUT2D eigenvalue weighted by Crippen LogP contribution is 2.41. The summed E-state index contributed by atoms with van der Waals surface area (Å²) in [6, 6.07) is 14.2. The van der Waals surface area contributed by atoms with Crippen LogP contribution in [0.4, 0.5) is 0 Å². The third kappa shape index (κ3) is 4.53. The monoisotopic (exact) mass is 405 g/mol. The van der Waals surface area contributed by atoms with E-state index in [2.05, 4.69) is 18.2 Å². The van der Waals surface area contributed by atoms with Gasteiger partial charge in [-0.05, 0) is 22.8 Å². The molecule has 3 rings (SSSR count). The van der Waals surface area contributed by atoms with Crippen molar-refractivity contribution in [3.8, 4) is 0 Å². The number of carbonyl (C=O) groups is 1. The maximum atomic E-state index is 11.9. The number of carboxylic acids is 1. The summed E-state index contributed by atoms with van der Waals surface area (Å²) < 4.78 is 11.3. The van der Waals surface area contributed by atoms with E-state index in [0.717, 1.165) is 47.8 Å². The van der Waals surface area contributed by atoms with Crippen LogP contribution in [0.25, 0.3) is 10.8 Å². The van der Waals surface area contributed by atoms with Crippen LogP contribution in [0.1, 0.15) is 32.1 Å². The van der Waals surface area contributed by atoms with Gasteiger partial charge >= 0.3 is 14.4 Å². The minimum Gasteiger partial charge on any atom is -0.479 e. The van der Waals surface area contributed by atoms with Crippen molar-refractivity contribution in [2.45, 2.75) is 42.6 Å². The highest BCUT2D eigenvalue weighted by atomic mass is 32.2. The Morgan fingerprint density at radius 1 is 1.15 bits per heavy atom. The number of hydrogen-bond donors (Lipinski definition) is 2. The van der Waals surface area contributed by atoms with Crippen molar-refractivity contribution in [1.82, 2.24) is 0 Å². The fourth-order valence-corrected chi connectivity index (χ4v) is 6.23. The van der Waals surface area contributed by atoms with E-state index < -0.39 is 25.9 Å². The normalized spacial score (nSPS) is 19.0. The molecule has 0 spiro atoms. The SMILES string of the molecule is O=[PH+]CC(O)(C(=O)O)C(CSc1cccc2ccccc12)C1CCCCC1. The van der Waals surface area contributed by atoms with E-state index in [1.807, 2.05) is 24.3 Å². The summed E-state index contributed by atoms with van der Waals surface area (Å²) in [5, 5.41) is 23.0. The zero-order chi connectivity index (χ0) is 19.3. The van der Waals surface area contributed by atoms with Crippen molar-refractivity contribution in [2.24, 2.45) is 11.8 Å². The van der Waals surface area contributed by atoms with E-state index in [0.29, 0.717) is 5.75 Å². The second kappa shape index (κ2) is 9.18. The molecule has 27 heavy (non-hydrogen) atoms. The van der Waals surface area contributed by atoms with E-state index in [1.165, 1.54) is 0 Å². The molecule has 0 heterocycles. The molecule has 1 fully saturated rings. The van der Waals surface area contributed by atoms with Crippen molar-refractivity contribution >= 4 is 37.0 Å². The van der Waals surface area contributed by atoms with Gasteiger partial charge in [0.2, 0.25) is 5.60 Å². The van der Waals surface area contributed by atoms with Gasteiger partial charge in [0.25, 0.3) is 0 Å². The van der Waals surface area contributed by atoms with Crippen LogP contribution >= 0.6 is 20.2 Å². The molecule has 1 aliphatic rings. The molecule has 1 aliphatic carbocycles. The maximum Gasteiger partial charge on any atom is 0.340 e. The summed E-state index contributed by atoms with van der Waals surface area (Å²) in [6.45, 7) is 0. The first-order chi connectivity index (χ1) is 13.1. The lowest BCUT2D eigenvalue weighted by Gasteiger charge is -2.37. The third-order valence-corrected chi connectivity index (χ3v) is 7.59. The van der Waals surface area contributed by atoms with Crippen molar-refractivity contribution in [1.29, 1.82) is 0 Å². The molecular weight excluding hydrogens is 379 g/mol. The van der Waals surface area contributed by atoms with Gasteiger partial charge in [-0.1, -0.05) is 73.1 Å². The molecule has 0 aliphatic heterocycles. The van der Waals surface area contributed by atoms with Crippen molar-refractivity contribution < 1.29 is 19.6 Å². The highest BCUT2D eigenvalue weighted by molar-refractivity contribution is 7.99. The van der Waals surface area contributed by atoms with E-state index in [-0.39, 0.29) is 12.1 Å². The Labute approximate surface area is 165 Å². The highest BCUT2D eigenvalue weighted by Gasteiger charge is 2.50. The molecule has 2 aromatic carbocycles. The standard InChI is InChI=1S/C21H25O4PS/c22-20(23)21(24,14-26-25)18(16-8-2-1-3-9-16)13-27-19-12-6-10-15-7-4-5-11-17(15)19/h4-7,10-12,16,18,24H,1-3,8-9,13-14H2,(H,22,23)/p+1. The van der Waals surface area contributed by atoms with Gasteiger partial charge < -0.3 is 10.2 Å². The maximum absolute atomic E-state index is 11.9. The molecule has 0 saturated heterocycles. The number of rotatable bonds is 8. The van der Waals surface area contributed by atoms with E-state index >= 15 is 0 Å². The lowest BCUT2D eigenvalue weighted by Crippen LogP contribution is -2.52. The lowest BCUT2D eigenvalue weighted by molar-refractivity contribution is -0.163. The van der Waals surface area contributed by atoms with Crippen LogP contribution < -0.4 is 0 Å². The molecule has 0 bridgehead atoms. The average molecular weight is 405 g/mol. The summed E-state index contributed by atoms with van der Waals surface area (Å²) in [7, 11) is -0.826. The predicted octanol–water partition coefficient (Wildman–Crippen LogP) is 4.97. The average Bonchev–Trinajstić information content (AvgIpc) is 2.69. The van der Waals surface area contributed by atoms with Crippen LogP contribution in [-0.2, 0) is 9.36 Å². The minimum atomic E-state index is -1.93. The lowest BCUT2D eigenvalue weighted by atomic mass is 9.73. The van der Waals surface area contributed by atoms with Crippen LogP contribution in [0.3, 0.4) is 0 Å². The summed E-state index contributed by atoms with van der Waals surface area (Å²) in [6.07, 6.45) is 4.94. The number of hydrogen-bond acceptors (Lipinski definition) is 4. The van der Waals surface area contributed by atoms with Gasteiger partial charge in [-0.25, -0.2) is 4.79 Å². The molecule has 144 valence electrons. The first-order valence-electron chi connectivity index (χ1n) is 9.47. The molecule has 3 unspecified atom stereocenters. The Morgan fingerprint density at radius 3 is 2.56 bits per heavy atom.